The normalized spacial score (nSPS) is 10.7. The molecule has 0 aliphatic rings. The van der Waals surface area contributed by atoms with Crippen molar-refractivity contribution in [2.24, 2.45) is 0 Å². The maximum atomic E-state index is 13.7. The Labute approximate surface area is 117 Å². The first-order valence-corrected chi connectivity index (χ1v) is 5.99. The molecule has 0 spiro atoms. The number of halogens is 1. The van der Waals surface area contributed by atoms with Gasteiger partial charge in [0.05, 0.1) is 15.7 Å². The Morgan fingerprint density at radius 3 is 2.67 bits per heavy atom. The molecular formula is C14H8FN3O3. The second-order valence-electron chi connectivity index (χ2n) is 4.30. The molecule has 3 rings (SSSR count). The molecular weight excluding hydrogens is 277 g/mol. The van der Waals surface area contributed by atoms with Gasteiger partial charge in [-0.3, -0.25) is 19.5 Å². The smallest absolute Gasteiger partial charge is 0.277 e. The molecule has 0 atom stereocenters. The molecule has 6 nitrogen and oxygen atoms in total. The van der Waals surface area contributed by atoms with Crippen LogP contribution in [0.15, 0.2) is 53.6 Å². The van der Waals surface area contributed by atoms with Crippen LogP contribution in [0.1, 0.15) is 0 Å². The van der Waals surface area contributed by atoms with Crippen LogP contribution in [0.25, 0.3) is 16.5 Å². The molecule has 104 valence electrons. The summed E-state index contributed by atoms with van der Waals surface area (Å²) in [5, 5.41) is 11.3. The summed E-state index contributed by atoms with van der Waals surface area (Å²) >= 11 is 0. The predicted molar refractivity (Wildman–Crippen MR) is 74.0 cm³/mol. The van der Waals surface area contributed by atoms with Crippen molar-refractivity contribution >= 4 is 16.5 Å². The van der Waals surface area contributed by atoms with Gasteiger partial charge in [-0.1, -0.05) is 6.07 Å². The van der Waals surface area contributed by atoms with E-state index in [2.05, 4.69) is 4.98 Å². The topological polar surface area (TPSA) is 78.0 Å². The minimum atomic E-state index is -0.788. The third-order valence-corrected chi connectivity index (χ3v) is 3.12. The number of non-ortho nitro benzene ring substituents is 1. The summed E-state index contributed by atoms with van der Waals surface area (Å²) in [6, 6.07) is 8.54. The van der Waals surface area contributed by atoms with Crippen molar-refractivity contribution in [1.82, 2.24) is 9.55 Å². The molecule has 0 saturated carbocycles. The van der Waals surface area contributed by atoms with E-state index in [1.165, 1.54) is 48.8 Å². The lowest BCUT2D eigenvalue weighted by atomic mass is 10.1. The number of aromatic nitrogens is 2. The SMILES string of the molecule is O=c1c2cccc([N+](=O)[O-])c2ccn1-c1cccnc1F. The van der Waals surface area contributed by atoms with Gasteiger partial charge in [-0.05, 0) is 24.3 Å². The molecule has 0 fully saturated rings. The largest absolute Gasteiger partial charge is 0.279 e. The number of hydrogen-bond acceptors (Lipinski definition) is 4. The Morgan fingerprint density at radius 1 is 1.14 bits per heavy atom. The fraction of sp³-hybridized carbons (Fsp3) is 0. The third kappa shape index (κ3) is 2.04. The highest BCUT2D eigenvalue weighted by Gasteiger charge is 2.15. The molecule has 0 radical (unpaired) electrons. The lowest BCUT2D eigenvalue weighted by Crippen LogP contribution is -2.19. The highest BCUT2D eigenvalue weighted by atomic mass is 19.1. The Hall–Kier alpha value is -3.09. The number of rotatable bonds is 2. The first-order chi connectivity index (χ1) is 10.1. The second kappa shape index (κ2) is 4.78. The Morgan fingerprint density at radius 2 is 1.95 bits per heavy atom. The van der Waals surface area contributed by atoms with Crippen molar-refractivity contribution in [2.45, 2.75) is 0 Å². The molecule has 0 N–H and O–H groups in total. The van der Waals surface area contributed by atoms with Crippen LogP contribution in [-0.4, -0.2) is 14.5 Å². The lowest BCUT2D eigenvalue weighted by Gasteiger charge is -2.07. The summed E-state index contributed by atoms with van der Waals surface area (Å²) in [6.07, 6.45) is 2.58. The van der Waals surface area contributed by atoms with E-state index < -0.39 is 16.4 Å². The molecule has 0 amide bonds. The van der Waals surface area contributed by atoms with Crippen molar-refractivity contribution in [2.75, 3.05) is 0 Å². The van der Waals surface area contributed by atoms with Crippen LogP contribution < -0.4 is 5.56 Å². The van der Waals surface area contributed by atoms with Gasteiger partial charge in [0.15, 0.2) is 0 Å². The quantitative estimate of drug-likeness (QED) is 0.411. The number of benzene rings is 1. The van der Waals surface area contributed by atoms with Crippen LogP contribution in [0.5, 0.6) is 0 Å². The summed E-state index contributed by atoms with van der Waals surface area (Å²) in [5.41, 5.74) is -0.706. The molecule has 2 heterocycles. The number of hydrogen-bond donors (Lipinski definition) is 0. The maximum Gasteiger partial charge on any atom is 0.277 e. The molecule has 21 heavy (non-hydrogen) atoms. The maximum absolute atomic E-state index is 13.7. The molecule has 0 aliphatic carbocycles. The van der Waals surface area contributed by atoms with E-state index in [1.807, 2.05) is 0 Å². The van der Waals surface area contributed by atoms with E-state index in [1.54, 1.807) is 0 Å². The first kappa shape index (κ1) is 12.9. The van der Waals surface area contributed by atoms with Gasteiger partial charge < -0.3 is 0 Å². The van der Waals surface area contributed by atoms with Crippen LogP contribution in [0.4, 0.5) is 10.1 Å². The van der Waals surface area contributed by atoms with E-state index in [0.29, 0.717) is 0 Å². The fourth-order valence-corrected chi connectivity index (χ4v) is 2.17. The van der Waals surface area contributed by atoms with Gasteiger partial charge in [0.2, 0.25) is 5.95 Å². The van der Waals surface area contributed by atoms with Crippen molar-refractivity contribution in [1.29, 1.82) is 0 Å². The fourth-order valence-electron chi connectivity index (χ4n) is 2.17. The zero-order chi connectivity index (χ0) is 15.0. The molecule has 2 aromatic heterocycles. The van der Waals surface area contributed by atoms with Crippen LogP contribution in [0.3, 0.4) is 0 Å². The van der Waals surface area contributed by atoms with Gasteiger partial charge in [-0.2, -0.15) is 4.39 Å². The van der Waals surface area contributed by atoms with Crippen molar-refractivity contribution < 1.29 is 9.31 Å². The van der Waals surface area contributed by atoms with Gasteiger partial charge in [0.1, 0.15) is 5.69 Å². The Kier molecular flexibility index (Phi) is 2.94. The van der Waals surface area contributed by atoms with E-state index in [-0.39, 0.29) is 22.1 Å². The second-order valence-corrected chi connectivity index (χ2v) is 4.30. The Balaban J connectivity index is 2.35. The molecule has 0 saturated heterocycles. The molecule has 3 aromatic rings. The average Bonchev–Trinajstić information content (AvgIpc) is 2.48. The predicted octanol–water partition coefficient (Wildman–Crippen LogP) is 2.43. The van der Waals surface area contributed by atoms with Crippen molar-refractivity contribution in [3.05, 3.63) is 75.2 Å². The van der Waals surface area contributed by atoms with Crippen LogP contribution in [0.2, 0.25) is 0 Å². The molecule has 7 heteroatoms. The van der Waals surface area contributed by atoms with E-state index in [9.17, 15) is 19.3 Å². The summed E-state index contributed by atoms with van der Waals surface area (Å²) in [7, 11) is 0. The van der Waals surface area contributed by atoms with Crippen LogP contribution >= 0.6 is 0 Å². The lowest BCUT2D eigenvalue weighted by molar-refractivity contribution is -0.383. The number of fused-ring (bicyclic) bond motifs is 1. The third-order valence-electron chi connectivity index (χ3n) is 3.12. The zero-order valence-corrected chi connectivity index (χ0v) is 10.6. The van der Waals surface area contributed by atoms with Gasteiger partial charge in [-0.15, -0.1) is 0 Å². The number of nitro benzene ring substituents is 1. The number of nitrogens with zero attached hydrogens (tertiary/aromatic N) is 3. The summed E-state index contributed by atoms with van der Waals surface area (Å²) in [4.78, 5) is 26.3. The summed E-state index contributed by atoms with van der Waals surface area (Å²) in [5.74, 6) is -0.788. The van der Waals surface area contributed by atoms with E-state index >= 15 is 0 Å². The van der Waals surface area contributed by atoms with Gasteiger partial charge in [-0.25, -0.2) is 4.98 Å². The van der Waals surface area contributed by atoms with Crippen molar-refractivity contribution in [3.8, 4) is 5.69 Å². The first-order valence-electron chi connectivity index (χ1n) is 5.99. The van der Waals surface area contributed by atoms with Gasteiger partial charge >= 0.3 is 0 Å². The molecule has 0 unspecified atom stereocenters. The van der Waals surface area contributed by atoms with Crippen LogP contribution in [0, 0.1) is 16.1 Å². The monoisotopic (exact) mass is 285 g/mol. The standard InChI is InChI=1S/C14H8FN3O3/c15-13-12(5-2-7-16-13)17-8-6-9-10(14(17)19)3-1-4-11(9)18(20)21/h1-8H. The highest BCUT2D eigenvalue weighted by molar-refractivity contribution is 5.90. The van der Waals surface area contributed by atoms with E-state index in [4.69, 9.17) is 0 Å². The Bertz CT molecular complexity index is 921. The van der Waals surface area contributed by atoms with Gasteiger partial charge in [0.25, 0.3) is 11.2 Å². The molecule has 0 bridgehead atoms. The summed E-state index contributed by atoms with van der Waals surface area (Å²) < 4.78 is 14.8. The summed E-state index contributed by atoms with van der Waals surface area (Å²) in [6.45, 7) is 0. The average molecular weight is 285 g/mol. The number of nitro groups is 1. The number of pyridine rings is 2. The minimum Gasteiger partial charge on any atom is -0.279 e. The molecule has 0 aliphatic heterocycles. The van der Waals surface area contributed by atoms with Gasteiger partial charge in [0, 0.05) is 18.5 Å². The zero-order valence-electron chi connectivity index (χ0n) is 10.6. The minimum absolute atomic E-state index is 0.00379. The van der Waals surface area contributed by atoms with Crippen molar-refractivity contribution in [3.63, 3.8) is 0 Å². The highest BCUT2D eigenvalue weighted by Crippen LogP contribution is 2.23. The molecule has 1 aromatic carbocycles. The van der Waals surface area contributed by atoms with E-state index in [0.717, 1.165) is 4.57 Å². The van der Waals surface area contributed by atoms with Crippen LogP contribution in [-0.2, 0) is 0 Å².